The molecule has 0 aliphatic heterocycles. The van der Waals surface area contributed by atoms with Gasteiger partial charge in [0, 0.05) is 0 Å². The molecule has 1 radical (unpaired) electrons. The SMILES string of the molecule is CC([O])=CC(C)C. The predicted molar refractivity (Wildman–Crippen MR) is 29.3 cm³/mol. The van der Waals surface area contributed by atoms with Crippen molar-refractivity contribution in [3.8, 4) is 0 Å². The highest BCUT2D eigenvalue weighted by Crippen LogP contribution is 1.96. The van der Waals surface area contributed by atoms with Crippen LogP contribution >= 0.6 is 0 Å². The summed E-state index contributed by atoms with van der Waals surface area (Å²) >= 11 is 0. The zero-order chi connectivity index (χ0) is 5.86. The molecule has 1 heteroatoms. The Labute approximate surface area is 44.7 Å². The van der Waals surface area contributed by atoms with Gasteiger partial charge in [-0.05, 0) is 18.9 Å². The van der Waals surface area contributed by atoms with Gasteiger partial charge in [0.1, 0.15) is 5.76 Å². The number of hydrogen-bond donors (Lipinski definition) is 0. The number of rotatable bonds is 1. The lowest BCUT2D eigenvalue weighted by molar-refractivity contribution is 0.296. The summed E-state index contributed by atoms with van der Waals surface area (Å²) in [6.07, 6.45) is 1.69. The van der Waals surface area contributed by atoms with Crippen LogP contribution in [0, 0.1) is 5.92 Å². The molecule has 0 spiro atoms. The molecule has 0 rings (SSSR count). The monoisotopic (exact) mass is 99.1 g/mol. The second-order valence-electron chi connectivity index (χ2n) is 2.02. The maximum atomic E-state index is 10.2. The predicted octanol–water partition coefficient (Wildman–Crippen LogP) is 1.98. The highest BCUT2D eigenvalue weighted by atomic mass is 16.3. The van der Waals surface area contributed by atoms with E-state index in [4.69, 9.17) is 0 Å². The van der Waals surface area contributed by atoms with Crippen molar-refractivity contribution in [2.45, 2.75) is 20.8 Å². The summed E-state index contributed by atoms with van der Waals surface area (Å²) in [5, 5.41) is 10.2. The Morgan fingerprint density at radius 3 is 2.00 bits per heavy atom. The topological polar surface area (TPSA) is 19.9 Å². The first-order valence-corrected chi connectivity index (χ1v) is 2.48. The molecule has 0 N–H and O–H groups in total. The molecule has 0 fully saturated rings. The third-order valence-corrected chi connectivity index (χ3v) is 0.568. The molecule has 0 aromatic carbocycles. The van der Waals surface area contributed by atoms with Crippen LogP contribution in [0.2, 0.25) is 0 Å². The third-order valence-electron chi connectivity index (χ3n) is 0.568. The number of allylic oxidation sites excluding steroid dienone is 2. The van der Waals surface area contributed by atoms with Crippen LogP contribution in [0.3, 0.4) is 0 Å². The van der Waals surface area contributed by atoms with Crippen molar-refractivity contribution in [2.75, 3.05) is 0 Å². The van der Waals surface area contributed by atoms with Gasteiger partial charge in [0.05, 0.1) is 0 Å². The molecule has 0 aromatic rings. The standard InChI is InChI=1S/C6H11O/c1-5(2)4-6(3)7/h4-5H,1-3H3. The third kappa shape index (κ3) is 5.54. The van der Waals surface area contributed by atoms with Crippen molar-refractivity contribution in [3.05, 3.63) is 11.8 Å². The molecule has 0 bridgehead atoms. The molecule has 0 aromatic heterocycles. The second kappa shape index (κ2) is 2.67. The van der Waals surface area contributed by atoms with Crippen LogP contribution < -0.4 is 0 Å². The summed E-state index contributed by atoms with van der Waals surface area (Å²) in [4.78, 5) is 0. The van der Waals surface area contributed by atoms with Crippen LogP contribution in [0.25, 0.3) is 0 Å². The quantitative estimate of drug-likeness (QED) is 0.448. The minimum Gasteiger partial charge on any atom is -0.296 e. The average Bonchev–Trinajstić information content (AvgIpc) is 1.27. The van der Waals surface area contributed by atoms with E-state index in [9.17, 15) is 5.11 Å². The molecule has 0 amide bonds. The van der Waals surface area contributed by atoms with Gasteiger partial charge in [-0.15, -0.1) is 0 Å². The summed E-state index contributed by atoms with van der Waals surface area (Å²) in [5.41, 5.74) is 0. The van der Waals surface area contributed by atoms with Crippen molar-refractivity contribution in [3.63, 3.8) is 0 Å². The highest BCUT2D eigenvalue weighted by molar-refractivity contribution is 4.87. The van der Waals surface area contributed by atoms with Gasteiger partial charge in [0.15, 0.2) is 0 Å². The van der Waals surface area contributed by atoms with Crippen LogP contribution in [0.1, 0.15) is 20.8 Å². The van der Waals surface area contributed by atoms with Crippen LogP contribution in [0.5, 0.6) is 0 Å². The van der Waals surface area contributed by atoms with E-state index in [-0.39, 0.29) is 5.76 Å². The number of hydrogen-bond acceptors (Lipinski definition) is 0. The largest absolute Gasteiger partial charge is 0.296 e. The second-order valence-corrected chi connectivity index (χ2v) is 2.02. The van der Waals surface area contributed by atoms with Gasteiger partial charge in [-0.2, -0.15) is 0 Å². The fourth-order valence-corrected chi connectivity index (χ4v) is 0.469. The zero-order valence-corrected chi connectivity index (χ0v) is 5.06. The summed E-state index contributed by atoms with van der Waals surface area (Å²) in [6.45, 7) is 5.54. The van der Waals surface area contributed by atoms with Crippen LogP contribution in [-0.4, -0.2) is 0 Å². The Morgan fingerprint density at radius 1 is 1.57 bits per heavy atom. The minimum absolute atomic E-state index is 0.162. The molecule has 0 saturated carbocycles. The van der Waals surface area contributed by atoms with Gasteiger partial charge in [-0.1, -0.05) is 13.8 Å². The maximum Gasteiger partial charge on any atom is 0.148 e. The van der Waals surface area contributed by atoms with Gasteiger partial charge < -0.3 is 0 Å². The lowest BCUT2D eigenvalue weighted by Gasteiger charge is -1.89. The molecule has 0 unspecified atom stereocenters. The summed E-state index contributed by atoms with van der Waals surface area (Å²) in [5.74, 6) is 0.563. The molecule has 41 valence electrons. The molecule has 0 aliphatic carbocycles. The van der Waals surface area contributed by atoms with E-state index in [1.807, 2.05) is 13.8 Å². The first-order chi connectivity index (χ1) is 3.13. The Morgan fingerprint density at radius 2 is 2.00 bits per heavy atom. The van der Waals surface area contributed by atoms with Crippen LogP contribution in [-0.2, 0) is 5.11 Å². The zero-order valence-electron chi connectivity index (χ0n) is 5.06. The average molecular weight is 99.2 g/mol. The fraction of sp³-hybridized carbons (Fsp3) is 0.667. The van der Waals surface area contributed by atoms with Crippen molar-refractivity contribution in [1.82, 2.24) is 0 Å². The maximum absolute atomic E-state index is 10.2. The fourth-order valence-electron chi connectivity index (χ4n) is 0.469. The molecule has 0 saturated heterocycles. The minimum atomic E-state index is 0.162. The van der Waals surface area contributed by atoms with E-state index in [2.05, 4.69) is 0 Å². The molecule has 0 atom stereocenters. The Hall–Kier alpha value is -0.460. The summed E-state index contributed by atoms with van der Waals surface area (Å²) in [7, 11) is 0. The lowest BCUT2D eigenvalue weighted by Crippen LogP contribution is -1.78. The Bertz CT molecular complexity index is 68.2. The van der Waals surface area contributed by atoms with E-state index < -0.39 is 0 Å². The van der Waals surface area contributed by atoms with E-state index in [1.165, 1.54) is 0 Å². The van der Waals surface area contributed by atoms with Gasteiger partial charge in [0.25, 0.3) is 0 Å². The van der Waals surface area contributed by atoms with Gasteiger partial charge in [-0.25, -0.2) is 0 Å². The summed E-state index contributed by atoms with van der Waals surface area (Å²) < 4.78 is 0. The molecule has 0 aliphatic rings. The Kier molecular flexibility index (Phi) is 2.49. The van der Waals surface area contributed by atoms with Crippen LogP contribution in [0.4, 0.5) is 0 Å². The van der Waals surface area contributed by atoms with E-state index in [1.54, 1.807) is 13.0 Å². The van der Waals surface area contributed by atoms with Crippen molar-refractivity contribution in [1.29, 1.82) is 0 Å². The van der Waals surface area contributed by atoms with Gasteiger partial charge in [0.2, 0.25) is 0 Å². The normalized spacial score (nSPS) is 12.9. The molecule has 7 heavy (non-hydrogen) atoms. The smallest absolute Gasteiger partial charge is 0.148 e. The van der Waals surface area contributed by atoms with Crippen LogP contribution in [0.15, 0.2) is 11.8 Å². The molecular formula is C6H11O. The highest BCUT2D eigenvalue weighted by Gasteiger charge is 1.86. The molecule has 1 nitrogen and oxygen atoms in total. The van der Waals surface area contributed by atoms with E-state index in [0.717, 1.165) is 0 Å². The van der Waals surface area contributed by atoms with E-state index in [0.29, 0.717) is 5.92 Å². The Balaban J connectivity index is 3.45. The van der Waals surface area contributed by atoms with Gasteiger partial charge >= 0.3 is 0 Å². The van der Waals surface area contributed by atoms with Gasteiger partial charge in [-0.3, -0.25) is 5.11 Å². The lowest BCUT2D eigenvalue weighted by atomic mass is 10.2. The molecular weight excluding hydrogens is 88.1 g/mol. The first kappa shape index (κ1) is 6.54. The van der Waals surface area contributed by atoms with Crippen molar-refractivity contribution < 1.29 is 5.11 Å². The first-order valence-electron chi connectivity index (χ1n) is 2.48. The van der Waals surface area contributed by atoms with Crippen molar-refractivity contribution >= 4 is 0 Å². The summed E-state index contributed by atoms with van der Waals surface area (Å²) in [6, 6.07) is 0. The van der Waals surface area contributed by atoms with E-state index >= 15 is 0 Å². The molecule has 0 heterocycles. The van der Waals surface area contributed by atoms with Crippen molar-refractivity contribution in [2.24, 2.45) is 5.92 Å².